The zero-order valence-electron chi connectivity index (χ0n) is 15.4. The van der Waals surface area contributed by atoms with Crippen LogP contribution in [0.25, 0.3) is 22.4 Å². The number of anilines is 1. The van der Waals surface area contributed by atoms with Crippen molar-refractivity contribution in [1.82, 2.24) is 25.5 Å². The largest absolute Gasteiger partial charge is 0.465 e. The molecule has 1 aliphatic heterocycles. The van der Waals surface area contributed by atoms with E-state index in [9.17, 15) is 4.79 Å². The molecule has 4 rings (SSSR count). The van der Waals surface area contributed by atoms with E-state index in [-0.39, 0.29) is 5.41 Å². The highest BCUT2D eigenvalue weighted by Crippen LogP contribution is 2.33. The Morgan fingerprint density at radius 3 is 2.82 bits per heavy atom. The van der Waals surface area contributed by atoms with Gasteiger partial charge in [-0.25, -0.2) is 14.8 Å². The Balaban J connectivity index is 1.52. The summed E-state index contributed by atoms with van der Waals surface area (Å²) in [6.45, 7) is 4.15. The summed E-state index contributed by atoms with van der Waals surface area (Å²) in [6.07, 6.45) is 2.53. The Morgan fingerprint density at radius 2 is 2.11 bits per heavy atom. The van der Waals surface area contributed by atoms with E-state index in [1.807, 2.05) is 24.3 Å². The average molecular weight is 401 g/mol. The SMILES string of the molecule is CC1(CNC(=O)O)CCN(c2cnc3c(-c4ccccc4Cl)[nH]nc3n2)CC1. The molecule has 9 heteroatoms. The first kappa shape index (κ1) is 18.5. The third-order valence-corrected chi connectivity index (χ3v) is 5.69. The lowest BCUT2D eigenvalue weighted by molar-refractivity contribution is 0.178. The molecule has 0 radical (unpaired) electrons. The van der Waals surface area contributed by atoms with Crippen LogP contribution < -0.4 is 10.2 Å². The fraction of sp³-hybridized carbons (Fsp3) is 0.368. The maximum atomic E-state index is 10.8. The first-order valence-corrected chi connectivity index (χ1v) is 9.51. The summed E-state index contributed by atoms with van der Waals surface area (Å²) < 4.78 is 0. The van der Waals surface area contributed by atoms with Crippen LogP contribution in [0.2, 0.25) is 5.02 Å². The second-order valence-corrected chi connectivity index (χ2v) is 7.84. The van der Waals surface area contributed by atoms with Crippen LogP contribution in [0.15, 0.2) is 30.5 Å². The van der Waals surface area contributed by atoms with Crippen LogP contribution in [0.1, 0.15) is 19.8 Å². The Bertz CT molecular complexity index is 1010. The van der Waals surface area contributed by atoms with Gasteiger partial charge in [-0.2, -0.15) is 5.10 Å². The van der Waals surface area contributed by atoms with Crippen LogP contribution in [0, 0.1) is 5.41 Å². The number of fused-ring (bicyclic) bond motifs is 1. The van der Waals surface area contributed by atoms with Gasteiger partial charge in [0.2, 0.25) is 5.65 Å². The molecule has 0 aliphatic carbocycles. The number of aromatic nitrogens is 4. The van der Waals surface area contributed by atoms with Crippen molar-refractivity contribution in [2.75, 3.05) is 24.5 Å². The Morgan fingerprint density at radius 1 is 1.36 bits per heavy atom. The zero-order valence-corrected chi connectivity index (χ0v) is 16.2. The monoisotopic (exact) mass is 400 g/mol. The Labute approximate surface area is 166 Å². The molecular weight excluding hydrogens is 380 g/mol. The van der Waals surface area contributed by atoms with Gasteiger partial charge in [-0.1, -0.05) is 36.7 Å². The van der Waals surface area contributed by atoms with Gasteiger partial charge in [0.1, 0.15) is 11.3 Å². The molecule has 0 spiro atoms. The van der Waals surface area contributed by atoms with Crippen molar-refractivity contribution in [3.05, 3.63) is 35.5 Å². The number of nitrogens with one attached hydrogen (secondary N) is 2. The fourth-order valence-corrected chi connectivity index (χ4v) is 3.76. The highest BCUT2D eigenvalue weighted by molar-refractivity contribution is 6.33. The van der Waals surface area contributed by atoms with Crippen LogP contribution in [0.3, 0.4) is 0 Å². The highest BCUT2D eigenvalue weighted by Gasteiger charge is 2.31. The number of carbonyl (C=O) groups is 1. The van der Waals surface area contributed by atoms with Crippen LogP contribution in [0.5, 0.6) is 0 Å². The van der Waals surface area contributed by atoms with E-state index in [1.54, 1.807) is 6.20 Å². The van der Waals surface area contributed by atoms with Gasteiger partial charge < -0.3 is 15.3 Å². The number of aromatic amines is 1. The summed E-state index contributed by atoms with van der Waals surface area (Å²) in [5.41, 5.74) is 2.78. The fourth-order valence-electron chi connectivity index (χ4n) is 3.53. The number of nitrogens with zero attached hydrogens (tertiary/aromatic N) is 4. The molecule has 146 valence electrons. The number of hydrogen-bond acceptors (Lipinski definition) is 5. The van der Waals surface area contributed by atoms with Crippen LogP contribution in [-0.4, -0.2) is 51.0 Å². The molecule has 0 unspecified atom stereocenters. The minimum absolute atomic E-state index is 0.0457. The standard InChI is InChI=1S/C19H21ClN6O2/c1-19(11-22-18(27)28)6-8-26(9-7-19)14-10-21-16-15(24-25-17(16)23-14)12-4-2-3-5-13(12)20/h2-5,10,22H,6-9,11H2,1H3,(H,27,28)(H,23,24,25). The first-order valence-electron chi connectivity index (χ1n) is 9.13. The summed E-state index contributed by atoms with van der Waals surface area (Å²) in [5.74, 6) is 0.776. The van der Waals surface area contributed by atoms with Crippen molar-refractivity contribution >= 4 is 34.7 Å². The molecule has 1 amide bonds. The third kappa shape index (κ3) is 3.60. The summed E-state index contributed by atoms with van der Waals surface area (Å²) in [6, 6.07) is 7.54. The number of halogens is 1. The zero-order chi connectivity index (χ0) is 19.7. The second-order valence-electron chi connectivity index (χ2n) is 7.44. The van der Waals surface area contributed by atoms with E-state index in [2.05, 4.69) is 37.3 Å². The molecule has 3 heterocycles. The number of H-pyrrole nitrogens is 1. The van der Waals surface area contributed by atoms with Gasteiger partial charge in [0.05, 0.1) is 16.9 Å². The molecule has 1 fully saturated rings. The van der Waals surface area contributed by atoms with Crippen LogP contribution in [0.4, 0.5) is 10.6 Å². The molecule has 8 nitrogen and oxygen atoms in total. The third-order valence-electron chi connectivity index (χ3n) is 5.36. The van der Waals surface area contributed by atoms with Crippen molar-refractivity contribution in [2.24, 2.45) is 5.41 Å². The normalized spacial score (nSPS) is 16.3. The molecule has 0 saturated carbocycles. The molecular formula is C19H21ClN6O2. The van der Waals surface area contributed by atoms with Crippen molar-refractivity contribution in [3.63, 3.8) is 0 Å². The summed E-state index contributed by atoms with van der Waals surface area (Å²) in [7, 11) is 0. The second kappa shape index (κ2) is 7.27. The lowest BCUT2D eigenvalue weighted by Crippen LogP contribution is -2.44. The van der Waals surface area contributed by atoms with Gasteiger partial charge in [-0.15, -0.1) is 0 Å². The topological polar surface area (TPSA) is 107 Å². The van der Waals surface area contributed by atoms with Gasteiger partial charge in [0, 0.05) is 25.2 Å². The number of hydrogen-bond donors (Lipinski definition) is 3. The van der Waals surface area contributed by atoms with Gasteiger partial charge >= 0.3 is 6.09 Å². The van der Waals surface area contributed by atoms with E-state index in [4.69, 9.17) is 16.7 Å². The molecule has 1 saturated heterocycles. The van der Waals surface area contributed by atoms with Crippen LogP contribution in [-0.2, 0) is 0 Å². The molecule has 3 aromatic rings. The number of benzene rings is 1. The van der Waals surface area contributed by atoms with Gasteiger partial charge in [0.25, 0.3) is 0 Å². The average Bonchev–Trinajstić information content (AvgIpc) is 3.10. The molecule has 28 heavy (non-hydrogen) atoms. The van der Waals surface area contributed by atoms with Crippen molar-refractivity contribution in [1.29, 1.82) is 0 Å². The van der Waals surface area contributed by atoms with E-state index < -0.39 is 6.09 Å². The van der Waals surface area contributed by atoms with Gasteiger partial charge in [0.15, 0.2) is 0 Å². The summed E-state index contributed by atoms with van der Waals surface area (Å²) >= 11 is 6.29. The number of rotatable bonds is 4. The van der Waals surface area contributed by atoms with Gasteiger partial charge in [-0.05, 0) is 24.3 Å². The Kier molecular flexibility index (Phi) is 4.80. The summed E-state index contributed by atoms with van der Waals surface area (Å²) in [4.78, 5) is 22.2. The number of amides is 1. The van der Waals surface area contributed by atoms with Crippen LogP contribution >= 0.6 is 11.6 Å². The van der Waals surface area contributed by atoms with Crippen molar-refractivity contribution in [2.45, 2.75) is 19.8 Å². The number of piperidine rings is 1. The highest BCUT2D eigenvalue weighted by atomic mass is 35.5. The van der Waals surface area contributed by atoms with E-state index in [1.165, 1.54) is 0 Å². The van der Waals surface area contributed by atoms with E-state index in [0.717, 1.165) is 43.0 Å². The van der Waals surface area contributed by atoms with E-state index >= 15 is 0 Å². The molecule has 3 N–H and O–H groups in total. The quantitative estimate of drug-likeness (QED) is 0.618. The van der Waals surface area contributed by atoms with Crippen molar-refractivity contribution < 1.29 is 9.90 Å². The maximum Gasteiger partial charge on any atom is 0.404 e. The predicted molar refractivity (Wildman–Crippen MR) is 108 cm³/mol. The van der Waals surface area contributed by atoms with E-state index in [0.29, 0.717) is 22.7 Å². The molecule has 1 aromatic carbocycles. The minimum atomic E-state index is -0.979. The Hall–Kier alpha value is -2.87. The van der Waals surface area contributed by atoms with Gasteiger partial charge in [-0.3, -0.25) is 5.10 Å². The molecule has 1 aliphatic rings. The number of carboxylic acid groups (broad SMARTS) is 1. The molecule has 0 bridgehead atoms. The van der Waals surface area contributed by atoms with Crippen molar-refractivity contribution in [3.8, 4) is 11.3 Å². The summed E-state index contributed by atoms with van der Waals surface area (Å²) in [5, 5.41) is 19.3. The molecule has 0 atom stereocenters. The smallest absolute Gasteiger partial charge is 0.404 e. The maximum absolute atomic E-state index is 10.8. The minimum Gasteiger partial charge on any atom is -0.465 e. The molecule has 2 aromatic heterocycles. The lowest BCUT2D eigenvalue weighted by atomic mass is 9.80. The first-order chi connectivity index (χ1) is 13.5. The lowest BCUT2D eigenvalue weighted by Gasteiger charge is -2.39. The predicted octanol–water partition coefficient (Wildman–Crippen LogP) is 3.55.